The van der Waals surface area contributed by atoms with Crippen molar-refractivity contribution in [2.24, 2.45) is 0 Å². The molecule has 96 valence electrons. The largest absolute Gasteiger partial charge is 0.456 e. The number of hydrogen-bond acceptors (Lipinski definition) is 1. The van der Waals surface area contributed by atoms with Gasteiger partial charge in [0.1, 0.15) is 11.2 Å². The van der Waals surface area contributed by atoms with Crippen LogP contribution in [0.3, 0.4) is 0 Å². The van der Waals surface area contributed by atoms with Crippen molar-refractivity contribution in [3.63, 3.8) is 0 Å². The summed E-state index contributed by atoms with van der Waals surface area (Å²) in [5.74, 6) is 0. The molecule has 1 aromatic heterocycles. The summed E-state index contributed by atoms with van der Waals surface area (Å²) >= 11 is 0. The van der Waals surface area contributed by atoms with Crippen LogP contribution in [0, 0.1) is 6.92 Å². The Bertz CT molecular complexity index is 1000. The van der Waals surface area contributed by atoms with Crippen LogP contribution in [0.25, 0.3) is 33.1 Å². The highest BCUT2D eigenvalue weighted by molar-refractivity contribution is 6.13. The minimum Gasteiger partial charge on any atom is -0.456 e. The van der Waals surface area contributed by atoms with Crippen LogP contribution in [0.2, 0.25) is 0 Å². The van der Waals surface area contributed by atoms with Gasteiger partial charge in [-0.25, -0.2) is 0 Å². The van der Waals surface area contributed by atoms with Gasteiger partial charge in [-0.3, -0.25) is 0 Å². The van der Waals surface area contributed by atoms with E-state index in [2.05, 4.69) is 12.1 Å². The van der Waals surface area contributed by atoms with Gasteiger partial charge in [0.15, 0.2) is 0 Å². The summed E-state index contributed by atoms with van der Waals surface area (Å²) in [4.78, 5) is 0. The third-order valence-electron chi connectivity index (χ3n) is 3.65. The van der Waals surface area contributed by atoms with Crippen molar-refractivity contribution in [3.05, 3.63) is 72.2 Å². The molecule has 0 aliphatic heterocycles. The molecule has 0 atom stereocenters. The van der Waals surface area contributed by atoms with Crippen LogP contribution in [0.15, 0.2) is 71.1 Å². The summed E-state index contributed by atoms with van der Waals surface area (Å²) in [5, 5.41) is 1.83. The molecule has 3 aromatic carbocycles. The molecule has 4 rings (SSSR count). The molecule has 1 heteroatoms. The molecule has 20 heavy (non-hydrogen) atoms. The Hall–Kier alpha value is -2.54. The Balaban J connectivity index is 2.25. The topological polar surface area (TPSA) is 13.1 Å². The Morgan fingerprint density at radius 1 is 0.850 bits per heavy atom. The predicted molar refractivity (Wildman–Crippen MR) is 83.9 cm³/mol. The van der Waals surface area contributed by atoms with Gasteiger partial charge >= 0.3 is 0 Å². The Morgan fingerprint density at radius 2 is 1.65 bits per heavy atom. The van der Waals surface area contributed by atoms with Gasteiger partial charge in [0.25, 0.3) is 0 Å². The maximum atomic E-state index is 8.21. The van der Waals surface area contributed by atoms with Crippen LogP contribution in [-0.4, -0.2) is 0 Å². The van der Waals surface area contributed by atoms with Crippen molar-refractivity contribution >= 4 is 21.9 Å². The zero-order valence-corrected chi connectivity index (χ0v) is 11.1. The van der Waals surface area contributed by atoms with Gasteiger partial charge in [-0.05, 0) is 35.7 Å². The maximum Gasteiger partial charge on any atom is 0.136 e. The number of furan rings is 1. The number of hydrogen-bond donors (Lipinski definition) is 0. The summed E-state index contributed by atoms with van der Waals surface area (Å²) in [7, 11) is 0. The quantitative estimate of drug-likeness (QED) is 0.436. The van der Waals surface area contributed by atoms with Gasteiger partial charge in [-0.2, -0.15) is 0 Å². The molecule has 0 saturated heterocycles. The molecule has 0 aliphatic carbocycles. The van der Waals surface area contributed by atoms with Crippen molar-refractivity contribution in [1.29, 1.82) is 0 Å². The lowest BCUT2D eigenvalue weighted by Crippen LogP contribution is -1.84. The molecule has 1 heterocycles. The molecule has 1 nitrogen and oxygen atoms in total. The zero-order valence-electron chi connectivity index (χ0n) is 13.1. The van der Waals surface area contributed by atoms with Crippen LogP contribution in [-0.2, 0) is 0 Å². The third kappa shape index (κ3) is 1.56. The number of aryl methyl sites for hydroxylation is 1. The number of fused-ring (bicyclic) bond motifs is 3. The lowest BCUT2D eigenvalue weighted by Gasteiger charge is -2.07. The molecule has 0 unspecified atom stereocenters. The first kappa shape index (κ1) is 9.38. The van der Waals surface area contributed by atoms with Gasteiger partial charge in [0.05, 0.1) is 2.74 Å². The van der Waals surface area contributed by atoms with Crippen molar-refractivity contribution in [3.8, 4) is 11.1 Å². The van der Waals surface area contributed by atoms with E-state index in [1.165, 1.54) is 0 Å². The van der Waals surface area contributed by atoms with Crippen LogP contribution < -0.4 is 0 Å². The summed E-state index contributed by atoms with van der Waals surface area (Å²) in [5.41, 5.74) is 4.33. The molecule has 0 spiro atoms. The molecule has 4 aromatic rings. The number of para-hydroxylation sites is 1. The fourth-order valence-corrected chi connectivity index (χ4v) is 2.75. The molecule has 0 bridgehead atoms. The average Bonchev–Trinajstić information content (AvgIpc) is 2.90. The van der Waals surface area contributed by atoms with Crippen molar-refractivity contribution < 1.29 is 7.16 Å². The van der Waals surface area contributed by atoms with E-state index in [4.69, 9.17) is 7.16 Å². The predicted octanol–water partition coefficient (Wildman–Crippen LogP) is 5.56. The second kappa shape index (κ2) is 4.24. The monoisotopic (exact) mass is 260 g/mol. The molecule has 0 aliphatic rings. The van der Waals surface area contributed by atoms with Crippen LogP contribution in [0.5, 0.6) is 0 Å². The Morgan fingerprint density at radius 3 is 2.50 bits per heavy atom. The lowest BCUT2D eigenvalue weighted by molar-refractivity contribution is 0.669. The molecular formula is C19H14O. The van der Waals surface area contributed by atoms with Crippen LogP contribution >= 0.6 is 0 Å². The van der Waals surface area contributed by atoms with Gasteiger partial charge < -0.3 is 4.42 Å². The molecule has 0 fully saturated rings. The van der Waals surface area contributed by atoms with E-state index in [9.17, 15) is 0 Å². The normalized spacial score (nSPS) is 12.7. The van der Waals surface area contributed by atoms with Crippen molar-refractivity contribution in [1.82, 2.24) is 0 Å². The first-order chi connectivity index (χ1) is 10.7. The number of rotatable bonds is 1. The summed E-state index contributed by atoms with van der Waals surface area (Å²) in [6.45, 7) is 2.02. The standard InChI is InChI=1S/C19H14O/c1-13-11-12-17-19(15-9-5-6-10-16(15)20-17)18(13)14-7-3-2-4-8-14/h2-12H,1H3/i10D,12D. The molecular weight excluding hydrogens is 244 g/mol. The summed E-state index contributed by atoms with van der Waals surface area (Å²) < 4.78 is 22.1. The first-order valence-electron chi connectivity index (χ1n) is 7.64. The first-order valence-corrected chi connectivity index (χ1v) is 6.64. The summed E-state index contributed by atoms with van der Waals surface area (Å²) in [6, 6.07) is 18.2. The van der Waals surface area contributed by atoms with E-state index in [1.807, 2.05) is 43.3 Å². The van der Waals surface area contributed by atoms with E-state index in [0.29, 0.717) is 23.3 Å². The average molecular weight is 260 g/mol. The minimum atomic E-state index is 0.352. The van der Waals surface area contributed by atoms with E-state index >= 15 is 0 Å². The summed E-state index contributed by atoms with van der Waals surface area (Å²) in [6.07, 6.45) is 0. The molecule has 0 saturated carbocycles. The maximum absolute atomic E-state index is 8.21. The molecule has 0 amide bonds. The highest BCUT2D eigenvalue weighted by atomic mass is 16.3. The second-order valence-corrected chi connectivity index (χ2v) is 4.93. The zero-order chi connectivity index (χ0) is 15.3. The van der Waals surface area contributed by atoms with Gasteiger partial charge in [0, 0.05) is 10.8 Å². The van der Waals surface area contributed by atoms with Crippen LogP contribution in [0.1, 0.15) is 8.30 Å². The fraction of sp³-hybridized carbons (Fsp3) is 0.0526. The smallest absolute Gasteiger partial charge is 0.136 e. The Labute approximate surface area is 120 Å². The van der Waals surface area contributed by atoms with E-state index < -0.39 is 0 Å². The van der Waals surface area contributed by atoms with E-state index in [1.54, 1.807) is 6.07 Å². The lowest BCUT2D eigenvalue weighted by atomic mass is 9.95. The van der Waals surface area contributed by atoms with Crippen molar-refractivity contribution in [2.75, 3.05) is 0 Å². The highest BCUT2D eigenvalue weighted by Crippen LogP contribution is 2.38. The van der Waals surface area contributed by atoms with Gasteiger partial charge in [-0.15, -0.1) is 0 Å². The third-order valence-corrected chi connectivity index (χ3v) is 3.65. The minimum absolute atomic E-state index is 0.352. The second-order valence-electron chi connectivity index (χ2n) is 4.93. The fourth-order valence-electron chi connectivity index (χ4n) is 2.75. The van der Waals surface area contributed by atoms with E-state index in [0.717, 1.165) is 27.5 Å². The van der Waals surface area contributed by atoms with E-state index in [-0.39, 0.29) is 0 Å². The highest BCUT2D eigenvalue weighted by Gasteiger charge is 2.13. The number of benzene rings is 3. The van der Waals surface area contributed by atoms with Gasteiger partial charge in [-0.1, -0.05) is 54.6 Å². The van der Waals surface area contributed by atoms with Crippen molar-refractivity contribution in [2.45, 2.75) is 6.92 Å². The SMILES string of the molecule is [2H]c1cccc2c1oc1c([2H])cc(C)c(-c3ccccc3)c12. The molecule has 0 N–H and O–H groups in total. The Kier molecular flexibility index (Phi) is 1.99. The molecule has 0 radical (unpaired) electrons. The van der Waals surface area contributed by atoms with Gasteiger partial charge in [0.2, 0.25) is 0 Å². The van der Waals surface area contributed by atoms with Crippen LogP contribution in [0.4, 0.5) is 0 Å².